The Morgan fingerprint density at radius 3 is 2.94 bits per heavy atom. The van der Waals surface area contributed by atoms with E-state index in [0.29, 0.717) is 6.04 Å². The average molecular weight is 239 g/mol. The molecule has 1 aliphatic heterocycles. The Hall–Kier alpha value is -0.420. The van der Waals surface area contributed by atoms with Gasteiger partial charge in [-0.25, -0.2) is 0 Å². The van der Waals surface area contributed by atoms with Crippen molar-refractivity contribution in [3.05, 3.63) is 22.4 Å². The summed E-state index contributed by atoms with van der Waals surface area (Å²) in [5.41, 5.74) is 5.93. The number of hydrogen-bond donors (Lipinski definition) is 1. The summed E-state index contributed by atoms with van der Waals surface area (Å²) in [5.74, 6) is 0. The van der Waals surface area contributed by atoms with E-state index in [-0.39, 0.29) is 0 Å². The van der Waals surface area contributed by atoms with Crippen LogP contribution in [0.3, 0.4) is 0 Å². The molecule has 0 aliphatic carbocycles. The number of nitrogens with zero attached hydrogens (tertiary/aromatic N) is 2. The highest BCUT2D eigenvalue weighted by molar-refractivity contribution is 7.10. The van der Waals surface area contributed by atoms with Gasteiger partial charge in [0.05, 0.1) is 6.04 Å². The van der Waals surface area contributed by atoms with Crippen LogP contribution in [0.1, 0.15) is 17.3 Å². The molecule has 1 fully saturated rings. The van der Waals surface area contributed by atoms with E-state index in [9.17, 15) is 0 Å². The molecule has 0 radical (unpaired) electrons. The zero-order valence-electron chi connectivity index (χ0n) is 9.93. The SMILES string of the molecule is CN1CCCN(C(CN)c2cccs2)CC1. The molecule has 2 heterocycles. The third kappa shape index (κ3) is 2.83. The van der Waals surface area contributed by atoms with E-state index in [1.54, 1.807) is 0 Å². The zero-order chi connectivity index (χ0) is 11.4. The van der Waals surface area contributed by atoms with Crippen LogP contribution in [0.5, 0.6) is 0 Å². The Morgan fingerprint density at radius 2 is 2.25 bits per heavy atom. The normalized spacial score (nSPS) is 21.9. The van der Waals surface area contributed by atoms with Gasteiger partial charge in [0.2, 0.25) is 0 Å². The monoisotopic (exact) mass is 239 g/mol. The van der Waals surface area contributed by atoms with Crippen molar-refractivity contribution >= 4 is 11.3 Å². The predicted octanol–water partition coefficient (Wildman–Crippen LogP) is 1.39. The quantitative estimate of drug-likeness (QED) is 0.865. The zero-order valence-corrected chi connectivity index (χ0v) is 10.7. The highest BCUT2D eigenvalue weighted by Crippen LogP contribution is 2.24. The first-order valence-electron chi connectivity index (χ1n) is 5.97. The lowest BCUT2D eigenvalue weighted by atomic mass is 10.2. The topological polar surface area (TPSA) is 32.5 Å². The van der Waals surface area contributed by atoms with Gasteiger partial charge in [-0.3, -0.25) is 4.90 Å². The first-order valence-corrected chi connectivity index (χ1v) is 6.85. The molecule has 2 N–H and O–H groups in total. The second kappa shape index (κ2) is 5.77. The molecule has 1 aliphatic rings. The molecular weight excluding hydrogens is 218 g/mol. The van der Waals surface area contributed by atoms with Crippen LogP contribution in [0.15, 0.2) is 17.5 Å². The molecule has 0 spiro atoms. The minimum atomic E-state index is 0.423. The second-order valence-electron chi connectivity index (χ2n) is 4.46. The lowest BCUT2D eigenvalue weighted by Gasteiger charge is -2.28. The van der Waals surface area contributed by atoms with Gasteiger partial charge in [0.1, 0.15) is 0 Å². The second-order valence-corrected chi connectivity index (χ2v) is 5.44. The number of likely N-dealkylation sites (N-methyl/N-ethyl adjacent to an activating group) is 1. The van der Waals surface area contributed by atoms with Crippen molar-refractivity contribution in [3.8, 4) is 0 Å². The Balaban J connectivity index is 2.03. The molecule has 90 valence electrons. The van der Waals surface area contributed by atoms with Crippen molar-refractivity contribution < 1.29 is 0 Å². The molecule has 1 aromatic heterocycles. The van der Waals surface area contributed by atoms with Crippen molar-refractivity contribution in [1.29, 1.82) is 0 Å². The van der Waals surface area contributed by atoms with Gasteiger partial charge in [-0.1, -0.05) is 6.07 Å². The molecular formula is C12H21N3S. The van der Waals surface area contributed by atoms with Crippen LogP contribution in [-0.4, -0.2) is 49.6 Å². The summed E-state index contributed by atoms with van der Waals surface area (Å²) in [6.45, 7) is 5.39. The lowest BCUT2D eigenvalue weighted by molar-refractivity contribution is 0.211. The van der Waals surface area contributed by atoms with Gasteiger partial charge >= 0.3 is 0 Å². The van der Waals surface area contributed by atoms with Crippen molar-refractivity contribution in [2.75, 3.05) is 39.8 Å². The number of thiophene rings is 1. The Bertz CT molecular complexity index is 299. The highest BCUT2D eigenvalue weighted by atomic mass is 32.1. The fourth-order valence-corrected chi connectivity index (χ4v) is 3.18. The van der Waals surface area contributed by atoms with Gasteiger partial charge in [-0.2, -0.15) is 0 Å². The van der Waals surface area contributed by atoms with Crippen LogP contribution in [0.25, 0.3) is 0 Å². The molecule has 1 atom stereocenters. The van der Waals surface area contributed by atoms with Crippen LogP contribution in [-0.2, 0) is 0 Å². The van der Waals surface area contributed by atoms with E-state index in [1.807, 2.05) is 11.3 Å². The first-order chi connectivity index (χ1) is 7.81. The van der Waals surface area contributed by atoms with Crippen molar-refractivity contribution in [1.82, 2.24) is 9.80 Å². The lowest BCUT2D eigenvalue weighted by Crippen LogP contribution is -2.36. The van der Waals surface area contributed by atoms with E-state index < -0.39 is 0 Å². The molecule has 1 saturated heterocycles. The number of hydrogen-bond acceptors (Lipinski definition) is 4. The maximum Gasteiger partial charge on any atom is 0.0564 e. The summed E-state index contributed by atoms with van der Waals surface area (Å²) < 4.78 is 0. The van der Waals surface area contributed by atoms with Crippen molar-refractivity contribution in [2.24, 2.45) is 5.73 Å². The minimum absolute atomic E-state index is 0.423. The predicted molar refractivity (Wildman–Crippen MR) is 69.8 cm³/mol. The molecule has 2 rings (SSSR count). The molecule has 16 heavy (non-hydrogen) atoms. The smallest absolute Gasteiger partial charge is 0.0564 e. The number of nitrogens with two attached hydrogens (primary N) is 1. The Labute approximate surface area is 102 Å². The highest BCUT2D eigenvalue weighted by Gasteiger charge is 2.21. The third-order valence-electron chi connectivity index (χ3n) is 3.29. The molecule has 0 amide bonds. The van der Waals surface area contributed by atoms with E-state index in [0.717, 1.165) is 19.6 Å². The largest absolute Gasteiger partial charge is 0.329 e. The number of rotatable bonds is 3. The summed E-state index contributed by atoms with van der Waals surface area (Å²) in [4.78, 5) is 6.35. The first kappa shape index (κ1) is 12.0. The van der Waals surface area contributed by atoms with Crippen LogP contribution in [0, 0.1) is 0 Å². The van der Waals surface area contributed by atoms with Crippen LogP contribution in [0.2, 0.25) is 0 Å². The van der Waals surface area contributed by atoms with Gasteiger partial charge in [-0.05, 0) is 31.5 Å². The standard InChI is InChI=1S/C12H21N3S/c1-14-5-3-6-15(8-7-14)11(10-13)12-4-2-9-16-12/h2,4,9,11H,3,5-8,10,13H2,1H3. The average Bonchev–Trinajstić information content (AvgIpc) is 2.71. The molecule has 0 bridgehead atoms. The van der Waals surface area contributed by atoms with Gasteiger partial charge in [-0.15, -0.1) is 11.3 Å². The van der Waals surface area contributed by atoms with E-state index in [1.165, 1.54) is 24.4 Å². The molecule has 0 aromatic carbocycles. The van der Waals surface area contributed by atoms with Crippen molar-refractivity contribution in [3.63, 3.8) is 0 Å². The third-order valence-corrected chi connectivity index (χ3v) is 4.26. The Morgan fingerprint density at radius 1 is 1.38 bits per heavy atom. The van der Waals surface area contributed by atoms with Crippen LogP contribution >= 0.6 is 11.3 Å². The van der Waals surface area contributed by atoms with Crippen LogP contribution < -0.4 is 5.73 Å². The molecule has 1 aromatic rings. The van der Waals surface area contributed by atoms with Gasteiger partial charge in [0, 0.05) is 31.1 Å². The van der Waals surface area contributed by atoms with Crippen molar-refractivity contribution in [2.45, 2.75) is 12.5 Å². The molecule has 0 saturated carbocycles. The summed E-state index contributed by atoms with van der Waals surface area (Å²) in [6, 6.07) is 4.75. The summed E-state index contributed by atoms with van der Waals surface area (Å²) in [5, 5.41) is 2.14. The van der Waals surface area contributed by atoms with E-state index in [4.69, 9.17) is 5.73 Å². The van der Waals surface area contributed by atoms with Gasteiger partial charge in [0.25, 0.3) is 0 Å². The fourth-order valence-electron chi connectivity index (χ4n) is 2.30. The summed E-state index contributed by atoms with van der Waals surface area (Å²) in [7, 11) is 2.20. The molecule has 3 nitrogen and oxygen atoms in total. The van der Waals surface area contributed by atoms with E-state index >= 15 is 0 Å². The molecule has 4 heteroatoms. The Kier molecular flexibility index (Phi) is 4.35. The van der Waals surface area contributed by atoms with Gasteiger partial charge in [0.15, 0.2) is 0 Å². The maximum absolute atomic E-state index is 5.93. The minimum Gasteiger partial charge on any atom is -0.329 e. The maximum atomic E-state index is 5.93. The molecule has 1 unspecified atom stereocenters. The fraction of sp³-hybridized carbons (Fsp3) is 0.667. The van der Waals surface area contributed by atoms with E-state index in [2.05, 4.69) is 34.4 Å². The summed E-state index contributed by atoms with van der Waals surface area (Å²) in [6.07, 6.45) is 1.25. The van der Waals surface area contributed by atoms with Gasteiger partial charge < -0.3 is 10.6 Å². The summed E-state index contributed by atoms with van der Waals surface area (Å²) >= 11 is 1.82. The van der Waals surface area contributed by atoms with Crippen LogP contribution in [0.4, 0.5) is 0 Å².